The Labute approximate surface area is 196 Å². The van der Waals surface area contributed by atoms with Gasteiger partial charge in [-0.3, -0.25) is 10.1 Å². The molecule has 0 spiro atoms. The zero-order valence-corrected chi connectivity index (χ0v) is 19.5. The molecule has 3 aromatic rings. The van der Waals surface area contributed by atoms with Crippen LogP contribution in [0.1, 0.15) is 30.6 Å². The first kappa shape index (κ1) is 22.4. The molecule has 2 unspecified atom stereocenters. The van der Waals surface area contributed by atoms with Crippen molar-refractivity contribution < 1.29 is 27.1 Å². The number of carbonyl (C=O) groups excluding carboxylic acids is 1. The number of aromatic nitrogens is 2. The van der Waals surface area contributed by atoms with Crippen molar-refractivity contribution in [2.45, 2.75) is 25.2 Å². The second-order valence-electron chi connectivity index (χ2n) is 8.73. The lowest BCUT2D eigenvalue weighted by Gasteiger charge is -2.34. The standard InChI is InChI=1S/C23H24N4O6S/c1-14-9-15(2)12-27(11-14)34(29,30)18-6-3-16(4-7-18)21(28)24-23-26-25-22(33-23)17-5-8-19-20(10-17)32-13-31-19/h3-8,10,14-15H,9,11-13H2,1-2H3,(H,24,26,28). The van der Waals surface area contributed by atoms with Gasteiger partial charge in [0.25, 0.3) is 5.91 Å². The number of hydrogen-bond acceptors (Lipinski definition) is 8. The molecule has 0 aliphatic carbocycles. The Kier molecular flexibility index (Phi) is 5.74. The SMILES string of the molecule is CC1CC(C)CN(S(=O)(=O)c2ccc(C(=O)Nc3nnc(-c4ccc5c(c4)OCO5)o3)cc2)C1. The first-order valence-corrected chi connectivity index (χ1v) is 12.4. The topological polar surface area (TPSA) is 124 Å². The van der Waals surface area contributed by atoms with E-state index in [1.807, 2.05) is 0 Å². The molecule has 178 valence electrons. The lowest BCUT2D eigenvalue weighted by atomic mass is 9.94. The zero-order chi connectivity index (χ0) is 23.9. The molecule has 1 aromatic heterocycles. The summed E-state index contributed by atoms with van der Waals surface area (Å²) in [7, 11) is -3.62. The van der Waals surface area contributed by atoms with Gasteiger partial charge in [-0.2, -0.15) is 4.31 Å². The molecule has 0 bridgehead atoms. The highest BCUT2D eigenvalue weighted by Crippen LogP contribution is 2.35. The van der Waals surface area contributed by atoms with Gasteiger partial charge in [-0.1, -0.05) is 18.9 Å². The second kappa shape index (κ2) is 8.73. The quantitative estimate of drug-likeness (QED) is 0.585. The molecule has 11 heteroatoms. The summed E-state index contributed by atoms with van der Waals surface area (Å²) >= 11 is 0. The predicted octanol–water partition coefficient (Wildman–Crippen LogP) is 3.38. The number of sulfonamides is 1. The number of hydrogen-bond donors (Lipinski definition) is 1. The number of amides is 1. The van der Waals surface area contributed by atoms with Gasteiger partial charge in [-0.15, -0.1) is 5.10 Å². The molecule has 2 aliphatic rings. The van der Waals surface area contributed by atoms with Crippen LogP contribution in [0.3, 0.4) is 0 Å². The number of anilines is 1. The van der Waals surface area contributed by atoms with Crippen molar-refractivity contribution in [2.24, 2.45) is 11.8 Å². The molecule has 1 fully saturated rings. The summed E-state index contributed by atoms with van der Waals surface area (Å²) in [6.07, 6.45) is 1.01. The number of nitrogens with one attached hydrogen (secondary N) is 1. The molecular formula is C23H24N4O6S. The van der Waals surface area contributed by atoms with Gasteiger partial charge in [0.05, 0.1) is 4.90 Å². The van der Waals surface area contributed by atoms with Crippen molar-refractivity contribution in [1.29, 1.82) is 0 Å². The maximum absolute atomic E-state index is 13.0. The molecule has 34 heavy (non-hydrogen) atoms. The molecular weight excluding hydrogens is 460 g/mol. The minimum Gasteiger partial charge on any atom is -0.454 e. The van der Waals surface area contributed by atoms with Crippen LogP contribution in [0.25, 0.3) is 11.5 Å². The summed E-state index contributed by atoms with van der Waals surface area (Å²) in [6, 6.07) is 10.9. The van der Waals surface area contributed by atoms with Gasteiger partial charge in [0.2, 0.25) is 22.7 Å². The van der Waals surface area contributed by atoms with Gasteiger partial charge in [-0.25, -0.2) is 8.42 Å². The average Bonchev–Trinajstić information content (AvgIpc) is 3.47. The largest absolute Gasteiger partial charge is 0.454 e. The summed E-state index contributed by atoms with van der Waals surface area (Å²) in [5.74, 6) is 1.53. The summed E-state index contributed by atoms with van der Waals surface area (Å²) in [6.45, 7) is 5.26. The van der Waals surface area contributed by atoms with Gasteiger partial charge in [-0.05, 0) is 60.7 Å². The lowest BCUT2D eigenvalue weighted by Crippen LogP contribution is -2.42. The number of ether oxygens (including phenoxy) is 2. The van der Waals surface area contributed by atoms with Crippen molar-refractivity contribution in [1.82, 2.24) is 14.5 Å². The van der Waals surface area contributed by atoms with Crippen LogP contribution in [0.4, 0.5) is 6.01 Å². The summed E-state index contributed by atoms with van der Waals surface area (Å²) in [5.41, 5.74) is 0.885. The van der Waals surface area contributed by atoms with E-state index in [1.54, 1.807) is 18.2 Å². The fourth-order valence-electron chi connectivity index (χ4n) is 4.32. The highest BCUT2D eigenvalue weighted by atomic mass is 32.2. The third-order valence-electron chi connectivity index (χ3n) is 5.85. The third-order valence-corrected chi connectivity index (χ3v) is 7.70. The van der Waals surface area contributed by atoms with Crippen molar-refractivity contribution in [3.05, 3.63) is 48.0 Å². The van der Waals surface area contributed by atoms with Crippen LogP contribution in [0, 0.1) is 11.8 Å². The molecule has 0 radical (unpaired) electrons. The number of fused-ring (bicyclic) bond motifs is 1. The number of rotatable bonds is 5. The lowest BCUT2D eigenvalue weighted by molar-refractivity contribution is 0.102. The first-order valence-electron chi connectivity index (χ1n) is 10.9. The van der Waals surface area contributed by atoms with E-state index >= 15 is 0 Å². The Balaban J connectivity index is 1.27. The Morgan fingerprint density at radius 2 is 1.71 bits per heavy atom. The summed E-state index contributed by atoms with van der Waals surface area (Å²) < 4.78 is 43.8. The number of carbonyl (C=O) groups is 1. The molecule has 2 atom stereocenters. The molecule has 5 rings (SSSR count). The minimum absolute atomic E-state index is 0.0781. The average molecular weight is 485 g/mol. The van der Waals surface area contributed by atoms with Crippen LogP contribution in [-0.2, 0) is 10.0 Å². The molecule has 3 heterocycles. The van der Waals surface area contributed by atoms with Gasteiger partial charge in [0.15, 0.2) is 11.5 Å². The molecule has 1 saturated heterocycles. The number of benzene rings is 2. The van der Waals surface area contributed by atoms with E-state index < -0.39 is 15.9 Å². The first-order chi connectivity index (χ1) is 16.3. The molecule has 0 saturated carbocycles. The maximum Gasteiger partial charge on any atom is 0.322 e. The summed E-state index contributed by atoms with van der Waals surface area (Å²) in [4.78, 5) is 12.8. The van der Waals surface area contributed by atoms with Gasteiger partial charge < -0.3 is 13.9 Å². The van der Waals surface area contributed by atoms with E-state index in [2.05, 4.69) is 29.4 Å². The van der Waals surface area contributed by atoms with E-state index in [-0.39, 0.29) is 29.2 Å². The molecule has 1 N–H and O–H groups in total. The minimum atomic E-state index is -3.62. The van der Waals surface area contributed by atoms with E-state index in [0.717, 1.165) is 6.42 Å². The third kappa shape index (κ3) is 4.36. The van der Waals surface area contributed by atoms with Crippen molar-refractivity contribution in [3.63, 3.8) is 0 Å². The highest BCUT2D eigenvalue weighted by molar-refractivity contribution is 7.89. The van der Waals surface area contributed by atoms with Crippen molar-refractivity contribution in [3.8, 4) is 23.0 Å². The smallest absolute Gasteiger partial charge is 0.322 e. The number of nitrogens with zero attached hydrogens (tertiary/aromatic N) is 3. The Morgan fingerprint density at radius 1 is 1.00 bits per heavy atom. The van der Waals surface area contributed by atoms with Crippen molar-refractivity contribution >= 4 is 21.9 Å². The van der Waals surface area contributed by atoms with E-state index in [4.69, 9.17) is 13.9 Å². The second-order valence-corrected chi connectivity index (χ2v) is 10.7. The maximum atomic E-state index is 13.0. The van der Waals surface area contributed by atoms with E-state index in [1.165, 1.54) is 28.6 Å². The molecule has 1 amide bonds. The van der Waals surface area contributed by atoms with Crippen molar-refractivity contribution in [2.75, 3.05) is 25.2 Å². The highest BCUT2D eigenvalue weighted by Gasteiger charge is 2.31. The van der Waals surface area contributed by atoms with Crippen LogP contribution in [0.2, 0.25) is 0 Å². The van der Waals surface area contributed by atoms with Crippen LogP contribution in [0.15, 0.2) is 51.8 Å². The summed E-state index contributed by atoms with van der Waals surface area (Å²) in [5, 5.41) is 10.4. The number of piperidine rings is 1. The van der Waals surface area contributed by atoms with E-state index in [0.29, 0.717) is 42.0 Å². The zero-order valence-electron chi connectivity index (χ0n) is 18.7. The monoisotopic (exact) mass is 484 g/mol. The van der Waals surface area contributed by atoms with Crippen LogP contribution in [0.5, 0.6) is 11.5 Å². The Morgan fingerprint density at radius 3 is 2.44 bits per heavy atom. The Bertz CT molecular complexity index is 1310. The van der Waals surface area contributed by atoms with Crippen LogP contribution >= 0.6 is 0 Å². The van der Waals surface area contributed by atoms with Gasteiger partial charge in [0.1, 0.15) is 0 Å². The van der Waals surface area contributed by atoms with Crippen LogP contribution in [-0.4, -0.2) is 48.7 Å². The van der Waals surface area contributed by atoms with Gasteiger partial charge >= 0.3 is 6.01 Å². The molecule has 2 aliphatic heterocycles. The van der Waals surface area contributed by atoms with Gasteiger partial charge in [0, 0.05) is 24.2 Å². The predicted molar refractivity (Wildman–Crippen MR) is 122 cm³/mol. The molecule has 10 nitrogen and oxygen atoms in total. The fourth-order valence-corrected chi connectivity index (χ4v) is 6.00. The molecule has 2 aromatic carbocycles. The van der Waals surface area contributed by atoms with Crippen LogP contribution < -0.4 is 14.8 Å². The normalized spacial score (nSPS) is 20.3. The fraction of sp³-hybridized carbons (Fsp3) is 0.348. The van der Waals surface area contributed by atoms with E-state index in [9.17, 15) is 13.2 Å². The Hall–Kier alpha value is -3.44.